The first kappa shape index (κ1) is 18.9. The molecule has 1 spiro atoms. The highest BCUT2D eigenvalue weighted by Gasteiger charge is 2.48. The summed E-state index contributed by atoms with van der Waals surface area (Å²) < 4.78 is 5.90. The minimum atomic E-state index is -1.12. The Hall–Kier alpha value is -1.44. The van der Waals surface area contributed by atoms with Crippen molar-refractivity contribution in [3.8, 4) is 0 Å². The summed E-state index contributed by atoms with van der Waals surface area (Å²) in [5.74, 6) is 0.167. The van der Waals surface area contributed by atoms with E-state index in [4.69, 9.17) is 4.74 Å². The molecule has 0 unspecified atom stereocenters. The number of nitrogens with one attached hydrogen (secondary N) is 1. The maximum absolute atomic E-state index is 12.7. The molecule has 0 aromatic carbocycles. The molecule has 0 bridgehead atoms. The molecule has 3 N–H and O–H groups in total. The summed E-state index contributed by atoms with van der Waals surface area (Å²) in [5, 5.41) is 27.9. The Bertz CT molecular complexity index is 691. The van der Waals surface area contributed by atoms with Gasteiger partial charge in [0.2, 0.25) is 5.91 Å². The standard InChI is InChI=1S/C20H31N3O4/c1-19(26)13-20(27-12-17(19)24)8-10-23(11-9-20)18(25)7-6-16-14-4-2-3-5-15(14)21-22-16/h17,24,26H,2-13H2,1H3,(H,21,22)/t17-,19-/m0/s1. The van der Waals surface area contributed by atoms with Crippen molar-refractivity contribution >= 4 is 5.91 Å². The highest BCUT2D eigenvalue weighted by Crippen LogP contribution is 2.39. The average molecular weight is 377 g/mol. The molecule has 7 nitrogen and oxygen atoms in total. The third-order valence-electron chi connectivity index (χ3n) is 6.69. The smallest absolute Gasteiger partial charge is 0.222 e. The molecule has 1 aliphatic carbocycles. The summed E-state index contributed by atoms with van der Waals surface area (Å²) in [7, 11) is 0. The van der Waals surface area contributed by atoms with E-state index in [0.717, 1.165) is 18.5 Å². The third-order valence-corrected chi connectivity index (χ3v) is 6.69. The van der Waals surface area contributed by atoms with Crippen molar-refractivity contribution in [3.63, 3.8) is 0 Å². The average Bonchev–Trinajstić information content (AvgIpc) is 3.07. The molecular weight excluding hydrogens is 346 g/mol. The molecule has 1 amide bonds. The summed E-state index contributed by atoms with van der Waals surface area (Å²) in [6.45, 7) is 3.11. The van der Waals surface area contributed by atoms with Gasteiger partial charge in [0.25, 0.3) is 0 Å². The number of rotatable bonds is 3. The summed E-state index contributed by atoms with van der Waals surface area (Å²) in [6, 6.07) is 0. The van der Waals surface area contributed by atoms with E-state index in [1.54, 1.807) is 6.92 Å². The van der Waals surface area contributed by atoms with Crippen LogP contribution in [0, 0.1) is 0 Å². The fourth-order valence-corrected chi connectivity index (χ4v) is 4.88. The number of nitrogens with zero attached hydrogens (tertiary/aromatic N) is 2. The van der Waals surface area contributed by atoms with E-state index in [0.29, 0.717) is 45.2 Å². The van der Waals surface area contributed by atoms with Crippen LogP contribution in [-0.2, 0) is 28.8 Å². The largest absolute Gasteiger partial charge is 0.388 e. The van der Waals surface area contributed by atoms with Gasteiger partial charge in [-0.3, -0.25) is 9.89 Å². The Kier molecular flexibility index (Phi) is 5.03. The summed E-state index contributed by atoms with van der Waals surface area (Å²) in [5.41, 5.74) is 2.12. The number of hydrogen-bond acceptors (Lipinski definition) is 5. The number of fused-ring (bicyclic) bond motifs is 1. The fourth-order valence-electron chi connectivity index (χ4n) is 4.88. The molecule has 2 atom stereocenters. The van der Waals surface area contributed by atoms with E-state index in [9.17, 15) is 15.0 Å². The van der Waals surface area contributed by atoms with Gasteiger partial charge in [-0.2, -0.15) is 5.10 Å². The zero-order valence-electron chi connectivity index (χ0n) is 16.2. The second-order valence-corrected chi connectivity index (χ2v) is 8.76. The van der Waals surface area contributed by atoms with E-state index in [1.807, 2.05) is 4.90 Å². The van der Waals surface area contributed by atoms with Crippen molar-refractivity contribution in [2.75, 3.05) is 19.7 Å². The number of carbonyl (C=O) groups is 1. The number of aliphatic hydroxyl groups excluding tert-OH is 1. The maximum atomic E-state index is 12.7. The van der Waals surface area contributed by atoms with Gasteiger partial charge in [0.1, 0.15) is 6.10 Å². The van der Waals surface area contributed by atoms with Crippen molar-refractivity contribution in [1.82, 2.24) is 15.1 Å². The van der Waals surface area contributed by atoms with Gasteiger partial charge in [-0.15, -0.1) is 0 Å². The van der Waals surface area contributed by atoms with Crippen molar-refractivity contribution in [3.05, 3.63) is 17.0 Å². The Morgan fingerprint density at radius 2 is 2.07 bits per heavy atom. The highest BCUT2D eigenvalue weighted by atomic mass is 16.5. The van der Waals surface area contributed by atoms with Crippen LogP contribution in [0.3, 0.4) is 0 Å². The second-order valence-electron chi connectivity index (χ2n) is 8.76. The van der Waals surface area contributed by atoms with Gasteiger partial charge in [0.05, 0.1) is 23.5 Å². The van der Waals surface area contributed by atoms with Gasteiger partial charge in [0, 0.05) is 38.0 Å². The normalized spacial score (nSPS) is 30.3. The lowest BCUT2D eigenvalue weighted by Crippen LogP contribution is -2.59. The third kappa shape index (κ3) is 3.77. The summed E-state index contributed by atoms with van der Waals surface area (Å²) >= 11 is 0. The van der Waals surface area contributed by atoms with Crippen molar-refractivity contribution < 1.29 is 19.7 Å². The Morgan fingerprint density at radius 3 is 2.81 bits per heavy atom. The molecule has 0 radical (unpaired) electrons. The minimum absolute atomic E-state index is 0.158. The zero-order valence-corrected chi connectivity index (χ0v) is 16.2. The molecule has 1 aromatic rings. The number of piperidine rings is 1. The maximum Gasteiger partial charge on any atom is 0.222 e. The zero-order chi connectivity index (χ0) is 19.1. The van der Waals surface area contributed by atoms with Gasteiger partial charge in [0.15, 0.2) is 0 Å². The predicted octanol–water partition coefficient (Wildman–Crippen LogP) is 1.11. The molecule has 2 fully saturated rings. The van der Waals surface area contributed by atoms with E-state index in [2.05, 4.69) is 10.2 Å². The molecular formula is C20H31N3O4. The predicted molar refractivity (Wildman–Crippen MR) is 99.3 cm³/mol. The van der Waals surface area contributed by atoms with Crippen LogP contribution in [0.4, 0.5) is 0 Å². The van der Waals surface area contributed by atoms with Gasteiger partial charge < -0.3 is 19.8 Å². The quantitative estimate of drug-likeness (QED) is 0.733. The lowest BCUT2D eigenvalue weighted by molar-refractivity contribution is -0.222. The molecule has 7 heteroatoms. The van der Waals surface area contributed by atoms with E-state index >= 15 is 0 Å². The van der Waals surface area contributed by atoms with Crippen LogP contribution in [0.15, 0.2) is 0 Å². The number of aromatic nitrogens is 2. The van der Waals surface area contributed by atoms with Gasteiger partial charge in [-0.05, 0) is 51.0 Å². The lowest BCUT2D eigenvalue weighted by Gasteiger charge is -2.49. The van der Waals surface area contributed by atoms with Gasteiger partial charge >= 0.3 is 0 Å². The van der Waals surface area contributed by atoms with Gasteiger partial charge in [-0.1, -0.05) is 0 Å². The number of hydrogen-bond donors (Lipinski definition) is 3. The number of H-pyrrole nitrogens is 1. The molecule has 4 rings (SSSR count). The molecule has 0 saturated carbocycles. The summed E-state index contributed by atoms with van der Waals surface area (Å²) in [4.78, 5) is 14.6. The van der Waals surface area contributed by atoms with Crippen LogP contribution in [0.25, 0.3) is 0 Å². The fraction of sp³-hybridized carbons (Fsp3) is 0.800. The molecule has 150 valence electrons. The van der Waals surface area contributed by atoms with Crippen LogP contribution in [0.5, 0.6) is 0 Å². The molecule has 3 aliphatic rings. The Balaban J connectivity index is 1.30. The lowest BCUT2D eigenvalue weighted by atomic mass is 9.76. The number of likely N-dealkylation sites (tertiary alicyclic amines) is 1. The number of aliphatic hydroxyl groups is 2. The van der Waals surface area contributed by atoms with E-state index in [1.165, 1.54) is 24.1 Å². The van der Waals surface area contributed by atoms with Crippen LogP contribution < -0.4 is 0 Å². The minimum Gasteiger partial charge on any atom is -0.388 e. The Morgan fingerprint density at radius 1 is 1.33 bits per heavy atom. The highest BCUT2D eigenvalue weighted by molar-refractivity contribution is 5.76. The number of ether oxygens (including phenoxy) is 1. The van der Waals surface area contributed by atoms with Crippen molar-refractivity contribution in [1.29, 1.82) is 0 Å². The second kappa shape index (κ2) is 7.18. The first-order valence-electron chi connectivity index (χ1n) is 10.3. The summed E-state index contributed by atoms with van der Waals surface area (Å²) in [6.07, 6.45) is 6.75. The molecule has 2 aliphatic heterocycles. The number of carbonyl (C=O) groups excluding carboxylic acids is 1. The first-order valence-corrected chi connectivity index (χ1v) is 10.3. The molecule has 3 heterocycles. The van der Waals surface area contributed by atoms with E-state index in [-0.39, 0.29) is 12.5 Å². The van der Waals surface area contributed by atoms with Crippen LogP contribution in [-0.4, -0.2) is 68.2 Å². The van der Waals surface area contributed by atoms with Crippen LogP contribution in [0.2, 0.25) is 0 Å². The van der Waals surface area contributed by atoms with Crippen molar-refractivity contribution in [2.24, 2.45) is 0 Å². The number of aromatic amines is 1. The van der Waals surface area contributed by atoms with Crippen molar-refractivity contribution in [2.45, 2.75) is 82.0 Å². The van der Waals surface area contributed by atoms with Crippen LogP contribution in [0.1, 0.15) is 62.4 Å². The number of amides is 1. The van der Waals surface area contributed by atoms with Gasteiger partial charge in [-0.25, -0.2) is 0 Å². The first-order chi connectivity index (χ1) is 12.9. The number of aryl methyl sites for hydroxylation is 2. The topological polar surface area (TPSA) is 98.7 Å². The molecule has 2 saturated heterocycles. The molecule has 1 aromatic heterocycles. The van der Waals surface area contributed by atoms with E-state index < -0.39 is 17.3 Å². The SMILES string of the molecule is C[C@]1(O)CC2(CCN(C(=O)CCc3n[nH]c4c3CCCC4)CC2)OC[C@@H]1O. The molecule has 27 heavy (non-hydrogen) atoms. The van der Waals surface area contributed by atoms with Crippen LogP contribution >= 0.6 is 0 Å². The monoisotopic (exact) mass is 377 g/mol. The Labute approximate surface area is 160 Å².